The molecule has 4 heteroatoms. The second kappa shape index (κ2) is 3.22. The summed E-state index contributed by atoms with van der Waals surface area (Å²) < 4.78 is 2.05. The van der Waals surface area contributed by atoms with E-state index in [0.29, 0.717) is 12.0 Å². The topological polar surface area (TPSA) is 55.1 Å². The fourth-order valence-electron chi connectivity index (χ4n) is 3.10. The number of aromatic nitrogens is 2. The molecular formula is C14H12N2O2. The molecule has 2 aromatic rings. The Labute approximate surface area is 104 Å². The van der Waals surface area contributed by atoms with Gasteiger partial charge in [-0.15, -0.1) is 0 Å². The van der Waals surface area contributed by atoms with E-state index in [2.05, 4.69) is 11.1 Å². The molecule has 0 saturated heterocycles. The summed E-state index contributed by atoms with van der Waals surface area (Å²) in [6.45, 7) is 0. The SMILES string of the molecule is O=C(O)c1cn2c(n1)-c1ccccc1C1CC2C1. The molecule has 1 aromatic carbocycles. The zero-order chi connectivity index (χ0) is 12.3. The lowest BCUT2D eigenvalue weighted by Crippen LogP contribution is -2.22. The molecule has 2 aliphatic heterocycles. The standard InChI is InChI=1S/C14H12N2O2/c17-14(18)12-7-16-9-5-8(6-9)10-3-1-2-4-11(10)13(16)15-12/h1-4,7-9H,5-6H2,(H,17,18). The maximum atomic E-state index is 11.1. The quantitative estimate of drug-likeness (QED) is 0.833. The van der Waals surface area contributed by atoms with E-state index in [-0.39, 0.29) is 5.69 Å². The Morgan fingerprint density at radius 2 is 2.11 bits per heavy atom. The van der Waals surface area contributed by atoms with Crippen molar-refractivity contribution in [2.45, 2.75) is 24.8 Å². The van der Waals surface area contributed by atoms with Crippen molar-refractivity contribution in [1.29, 1.82) is 0 Å². The first-order valence-electron chi connectivity index (χ1n) is 6.15. The third-order valence-corrected chi connectivity index (χ3v) is 4.10. The Morgan fingerprint density at radius 3 is 2.89 bits per heavy atom. The molecule has 1 aliphatic carbocycles. The highest BCUT2D eigenvalue weighted by atomic mass is 16.4. The predicted octanol–water partition coefficient (Wildman–Crippen LogP) is 2.68. The minimum atomic E-state index is -0.955. The summed E-state index contributed by atoms with van der Waals surface area (Å²) in [5.74, 6) is 0.470. The van der Waals surface area contributed by atoms with Gasteiger partial charge in [-0.05, 0) is 24.3 Å². The lowest BCUT2D eigenvalue weighted by Gasteiger charge is -2.34. The predicted molar refractivity (Wildman–Crippen MR) is 65.6 cm³/mol. The van der Waals surface area contributed by atoms with Crippen LogP contribution in [0.3, 0.4) is 0 Å². The third kappa shape index (κ3) is 1.15. The zero-order valence-electron chi connectivity index (χ0n) is 9.71. The average Bonchev–Trinajstić information content (AvgIpc) is 2.64. The van der Waals surface area contributed by atoms with E-state index in [9.17, 15) is 4.79 Å². The molecule has 0 amide bonds. The molecule has 1 aromatic heterocycles. The van der Waals surface area contributed by atoms with E-state index in [4.69, 9.17) is 5.11 Å². The molecule has 18 heavy (non-hydrogen) atoms. The summed E-state index contributed by atoms with van der Waals surface area (Å²) in [6, 6.07) is 8.63. The third-order valence-electron chi connectivity index (χ3n) is 4.10. The number of aromatic carboxylic acids is 1. The average molecular weight is 240 g/mol. The minimum Gasteiger partial charge on any atom is -0.476 e. The first-order valence-corrected chi connectivity index (χ1v) is 6.15. The molecule has 0 spiro atoms. The zero-order valence-corrected chi connectivity index (χ0v) is 9.71. The smallest absolute Gasteiger partial charge is 0.356 e. The van der Waals surface area contributed by atoms with E-state index >= 15 is 0 Å². The van der Waals surface area contributed by atoms with Gasteiger partial charge in [0.25, 0.3) is 0 Å². The number of carboxylic acids is 1. The summed E-state index contributed by atoms with van der Waals surface area (Å²) in [6.07, 6.45) is 3.87. The van der Waals surface area contributed by atoms with Crippen molar-refractivity contribution < 1.29 is 9.90 Å². The molecular weight excluding hydrogens is 228 g/mol. The Morgan fingerprint density at radius 1 is 1.33 bits per heavy atom. The molecule has 2 bridgehead atoms. The fraction of sp³-hybridized carbons (Fsp3) is 0.286. The van der Waals surface area contributed by atoms with Crippen LogP contribution in [0.4, 0.5) is 0 Å². The summed E-state index contributed by atoms with van der Waals surface area (Å²) in [5, 5.41) is 9.08. The van der Waals surface area contributed by atoms with Crippen LogP contribution < -0.4 is 0 Å². The lowest BCUT2D eigenvalue weighted by atomic mass is 9.76. The van der Waals surface area contributed by atoms with E-state index in [1.165, 1.54) is 5.56 Å². The molecule has 0 radical (unpaired) electrons. The highest BCUT2D eigenvalue weighted by Gasteiger charge is 2.38. The first-order chi connectivity index (χ1) is 8.74. The van der Waals surface area contributed by atoms with Gasteiger partial charge in [-0.1, -0.05) is 24.3 Å². The Bertz CT molecular complexity index is 654. The Balaban J connectivity index is 2.00. The largest absolute Gasteiger partial charge is 0.476 e. The highest BCUT2D eigenvalue weighted by molar-refractivity contribution is 5.86. The van der Waals surface area contributed by atoms with Gasteiger partial charge in [0.15, 0.2) is 5.69 Å². The molecule has 1 N–H and O–H groups in total. The number of benzene rings is 1. The van der Waals surface area contributed by atoms with Crippen molar-refractivity contribution in [3.63, 3.8) is 0 Å². The van der Waals surface area contributed by atoms with Gasteiger partial charge in [0.1, 0.15) is 5.82 Å². The molecule has 4 nitrogen and oxygen atoms in total. The van der Waals surface area contributed by atoms with Crippen LogP contribution in [0.2, 0.25) is 0 Å². The molecule has 5 rings (SSSR count). The van der Waals surface area contributed by atoms with Crippen molar-refractivity contribution in [2.75, 3.05) is 0 Å². The number of hydrogen-bond acceptors (Lipinski definition) is 2. The summed E-state index contributed by atoms with van der Waals surface area (Å²) in [5.41, 5.74) is 2.55. The van der Waals surface area contributed by atoms with Crippen molar-refractivity contribution in [1.82, 2.24) is 9.55 Å². The van der Waals surface area contributed by atoms with Crippen LogP contribution in [0.15, 0.2) is 30.5 Å². The summed E-state index contributed by atoms with van der Waals surface area (Å²) >= 11 is 0. The number of carbonyl (C=O) groups is 1. The van der Waals surface area contributed by atoms with Crippen LogP contribution >= 0.6 is 0 Å². The second-order valence-corrected chi connectivity index (χ2v) is 5.07. The van der Waals surface area contributed by atoms with Gasteiger partial charge in [-0.3, -0.25) is 0 Å². The number of nitrogens with zero attached hydrogens (tertiary/aromatic N) is 2. The molecule has 1 saturated carbocycles. The Kier molecular flexibility index (Phi) is 1.77. The van der Waals surface area contributed by atoms with E-state index in [0.717, 1.165) is 24.2 Å². The van der Waals surface area contributed by atoms with Crippen LogP contribution in [-0.4, -0.2) is 20.6 Å². The van der Waals surface area contributed by atoms with Gasteiger partial charge >= 0.3 is 5.97 Å². The molecule has 0 unspecified atom stereocenters. The summed E-state index contributed by atoms with van der Waals surface area (Å²) in [7, 11) is 0. The maximum Gasteiger partial charge on any atom is 0.356 e. The van der Waals surface area contributed by atoms with Crippen LogP contribution in [0.5, 0.6) is 0 Å². The number of imidazole rings is 1. The number of carboxylic acid groups (broad SMARTS) is 1. The van der Waals surface area contributed by atoms with E-state index < -0.39 is 5.97 Å². The number of hydrogen-bond donors (Lipinski definition) is 1. The normalized spacial score (nSPS) is 23.6. The van der Waals surface area contributed by atoms with Crippen LogP contribution in [0.1, 0.15) is 40.9 Å². The Hall–Kier alpha value is -2.10. The van der Waals surface area contributed by atoms with Gasteiger partial charge < -0.3 is 9.67 Å². The van der Waals surface area contributed by atoms with Crippen LogP contribution in [-0.2, 0) is 0 Å². The van der Waals surface area contributed by atoms with Gasteiger partial charge in [0, 0.05) is 17.8 Å². The fourth-order valence-corrected chi connectivity index (χ4v) is 3.10. The van der Waals surface area contributed by atoms with Crippen LogP contribution in [0.25, 0.3) is 11.4 Å². The molecule has 3 aliphatic rings. The maximum absolute atomic E-state index is 11.1. The van der Waals surface area contributed by atoms with Gasteiger partial charge in [0.05, 0.1) is 0 Å². The molecule has 0 atom stereocenters. The molecule has 1 fully saturated rings. The van der Waals surface area contributed by atoms with Crippen LogP contribution in [0, 0.1) is 0 Å². The monoisotopic (exact) mass is 240 g/mol. The lowest BCUT2D eigenvalue weighted by molar-refractivity contribution is 0.0691. The molecule has 90 valence electrons. The second-order valence-electron chi connectivity index (χ2n) is 5.07. The van der Waals surface area contributed by atoms with Gasteiger partial charge in [-0.25, -0.2) is 9.78 Å². The highest BCUT2D eigenvalue weighted by Crippen LogP contribution is 2.51. The van der Waals surface area contributed by atoms with E-state index in [1.807, 2.05) is 22.8 Å². The van der Waals surface area contributed by atoms with Gasteiger partial charge in [-0.2, -0.15) is 0 Å². The van der Waals surface area contributed by atoms with Crippen molar-refractivity contribution in [3.8, 4) is 11.4 Å². The van der Waals surface area contributed by atoms with Crippen molar-refractivity contribution in [2.24, 2.45) is 0 Å². The number of rotatable bonds is 1. The van der Waals surface area contributed by atoms with Gasteiger partial charge in [0.2, 0.25) is 0 Å². The first kappa shape index (κ1) is 9.88. The van der Waals surface area contributed by atoms with Crippen molar-refractivity contribution >= 4 is 5.97 Å². The molecule has 3 heterocycles. The van der Waals surface area contributed by atoms with Crippen molar-refractivity contribution in [3.05, 3.63) is 41.7 Å². The van der Waals surface area contributed by atoms with E-state index in [1.54, 1.807) is 6.20 Å². The minimum absolute atomic E-state index is 0.144. The summed E-state index contributed by atoms with van der Waals surface area (Å²) in [4.78, 5) is 15.4.